The largest absolute Gasteiger partial charge is 0.378 e. The van der Waals surface area contributed by atoms with Gasteiger partial charge in [0.15, 0.2) is 17.0 Å². The van der Waals surface area contributed by atoms with E-state index in [-0.39, 0.29) is 11.1 Å². The molecule has 0 bridgehead atoms. The SMILES string of the molecule is O=c1c2nc(N3CCOCC3)n(-c3ccccc3)c2nc(-c2ccc(Cl)cc2Cl)n1-c1ccc(Cl)cc1. The summed E-state index contributed by atoms with van der Waals surface area (Å²) in [6.07, 6.45) is 0. The lowest BCUT2D eigenvalue weighted by molar-refractivity contribution is 0.122. The lowest BCUT2D eigenvalue weighted by Crippen LogP contribution is -2.37. The van der Waals surface area contributed by atoms with E-state index in [0.29, 0.717) is 70.0 Å². The number of aromatic nitrogens is 4. The summed E-state index contributed by atoms with van der Waals surface area (Å²) >= 11 is 19.0. The minimum absolute atomic E-state index is 0.245. The van der Waals surface area contributed by atoms with E-state index in [1.54, 1.807) is 42.5 Å². The monoisotopic (exact) mass is 551 g/mol. The number of nitrogens with zero attached hydrogens (tertiary/aromatic N) is 5. The van der Waals surface area contributed by atoms with Crippen molar-refractivity contribution in [3.63, 3.8) is 0 Å². The summed E-state index contributed by atoms with van der Waals surface area (Å²) in [7, 11) is 0. The molecular weight excluding hydrogens is 533 g/mol. The Morgan fingerprint density at radius 3 is 2.14 bits per heavy atom. The molecule has 1 aliphatic rings. The molecule has 1 fully saturated rings. The number of ether oxygens (including phenoxy) is 1. The van der Waals surface area contributed by atoms with Gasteiger partial charge in [0.2, 0.25) is 5.95 Å². The van der Waals surface area contributed by atoms with Crippen LogP contribution in [0.4, 0.5) is 5.95 Å². The van der Waals surface area contributed by atoms with E-state index in [1.807, 2.05) is 34.9 Å². The Hall–Kier alpha value is -3.36. The molecule has 186 valence electrons. The van der Waals surface area contributed by atoms with Crippen molar-refractivity contribution in [3.05, 3.63) is 98.2 Å². The molecule has 0 N–H and O–H groups in total. The Kier molecular flexibility index (Phi) is 6.38. The molecule has 0 unspecified atom stereocenters. The van der Waals surface area contributed by atoms with Gasteiger partial charge in [-0.05, 0) is 54.6 Å². The maximum atomic E-state index is 14.2. The van der Waals surface area contributed by atoms with Crippen LogP contribution in [0.3, 0.4) is 0 Å². The number of morpholine rings is 1. The number of rotatable bonds is 4. The van der Waals surface area contributed by atoms with Crippen molar-refractivity contribution in [3.8, 4) is 22.8 Å². The standard InChI is InChI=1S/C27H20Cl3N5O2/c28-17-6-9-20(10-7-17)34-24(21-11-8-18(29)16-22(21)30)32-25-23(26(34)36)31-27(33-12-14-37-15-13-33)35(25)19-4-2-1-3-5-19/h1-11,16H,12-15H2. The lowest BCUT2D eigenvalue weighted by atomic mass is 10.2. The molecule has 7 nitrogen and oxygen atoms in total. The van der Waals surface area contributed by atoms with E-state index in [2.05, 4.69) is 4.90 Å². The summed E-state index contributed by atoms with van der Waals surface area (Å²) in [6, 6.07) is 21.8. The van der Waals surface area contributed by atoms with Gasteiger partial charge < -0.3 is 9.64 Å². The smallest absolute Gasteiger partial charge is 0.286 e. The summed E-state index contributed by atoms with van der Waals surface area (Å²) in [4.78, 5) is 26.2. The second-order valence-corrected chi connectivity index (χ2v) is 9.81. The fourth-order valence-corrected chi connectivity index (χ4v) is 5.09. The van der Waals surface area contributed by atoms with Gasteiger partial charge in [0.25, 0.3) is 5.56 Å². The fourth-order valence-electron chi connectivity index (χ4n) is 4.47. The average Bonchev–Trinajstić information content (AvgIpc) is 3.30. The summed E-state index contributed by atoms with van der Waals surface area (Å²) < 4.78 is 8.99. The third kappa shape index (κ3) is 4.38. The maximum absolute atomic E-state index is 14.2. The maximum Gasteiger partial charge on any atom is 0.286 e. The number of benzene rings is 3. The number of halogens is 3. The van der Waals surface area contributed by atoms with Crippen LogP contribution in [-0.4, -0.2) is 45.4 Å². The second kappa shape index (κ2) is 9.84. The van der Waals surface area contributed by atoms with Crippen LogP contribution < -0.4 is 10.5 Å². The molecule has 0 atom stereocenters. The van der Waals surface area contributed by atoms with E-state index in [1.165, 1.54) is 4.57 Å². The minimum atomic E-state index is -0.322. The molecule has 1 aliphatic heterocycles. The van der Waals surface area contributed by atoms with Crippen molar-refractivity contribution in [1.29, 1.82) is 0 Å². The third-order valence-electron chi connectivity index (χ3n) is 6.23. The van der Waals surface area contributed by atoms with Crippen molar-refractivity contribution in [1.82, 2.24) is 19.1 Å². The minimum Gasteiger partial charge on any atom is -0.378 e. The van der Waals surface area contributed by atoms with Gasteiger partial charge in [0.05, 0.1) is 29.6 Å². The number of para-hydroxylation sites is 1. The summed E-state index contributed by atoms with van der Waals surface area (Å²) in [6.45, 7) is 2.45. The Morgan fingerprint density at radius 1 is 0.757 bits per heavy atom. The quantitative estimate of drug-likeness (QED) is 0.272. The van der Waals surface area contributed by atoms with Crippen molar-refractivity contribution < 1.29 is 4.74 Å². The van der Waals surface area contributed by atoms with Gasteiger partial charge in [-0.2, -0.15) is 0 Å². The first-order valence-electron chi connectivity index (χ1n) is 11.7. The van der Waals surface area contributed by atoms with Crippen LogP contribution in [0.1, 0.15) is 0 Å². The number of hydrogen-bond donors (Lipinski definition) is 0. The fraction of sp³-hybridized carbons (Fsp3) is 0.148. The average molecular weight is 553 g/mol. The van der Waals surface area contributed by atoms with Crippen LogP contribution in [0.25, 0.3) is 33.9 Å². The Labute approximate surface area is 227 Å². The zero-order valence-corrected chi connectivity index (χ0v) is 21.7. The van der Waals surface area contributed by atoms with E-state index in [4.69, 9.17) is 49.5 Å². The number of anilines is 1. The summed E-state index contributed by atoms with van der Waals surface area (Å²) in [5, 5.41) is 1.42. The summed E-state index contributed by atoms with van der Waals surface area (Å²) in [5.41, 5.74) is 2.35. The van der Waals surface area contributed by atoms with Gasteiger partial charge in [-0.25, -0.2) is 9.97 Å². The highest BCUT2D eigenvalue weighted by Crippen LogP contribution is 2.33. The second-order valence-electron chi connectivity index (χ2n) is 8.53. The molecule has 6 rings (SSSR count). The van der Waals surface area contributed by atoms with Crippen molar-refractivity contribution in [2.24, 2.45) is 0 Å². The van der Waals surface area contributed by atoms with E-state index < -0.39 is 0 Å². The number of imidazole rings is 1. The first kappa shape index (κ1) is 24.0. The Bertz CT molecular complexity index is 1660. The predicted molar refractivity (Wildman–Crippen MR) is 148 cm³/mol. The molecule has 3 aromatic carbocycles. The van der Waals surface area contributed by atoms with Crippen molar-refractivity contribution in [2.45, 2.75) is 0 Å². The molecule has 0 aliphatic carbocycles. The van der Waals surface area contributed by atoms with Gasteiger partial charge in [-0.1, -0.05) is 53.0 Å². The van der Waals surface area contributed by atoms with Gasteiger partial charge in [-0.3, -0.25) is 13.9 Å². The number of hydrogen-bond acceptors (Lipinski definition) is 5. The molecule has 1 saturated heterocycles. The van der Waals surface area contributed by atoms with Gasteiger partial charge in [0.1, 0.15) is 0 Å². The highest BCUT2D eigenvalue weighted by atomic mass is 35.5. The van der Waals surface area contributed by atoms with Gasteiger partial charge >= 0.3 is 0 Å². The molecule has 2 aromatic heterocycles. The molecule has 3 heterocycles. The first-order valence-corrected chi connectivity index (χ1v) is 12.8. The first-order chi connectivity index (χ1) is 18.0. The van der Waals surface area contributed by atoms with Crippen molar-refractivity contribution >= 4 is 51.9 Å². The van der Waals surface area contributed by atoms with E-state index >= 15 is 0 Å². The van der Waals surface area contributed by atoms with Gasteiger partial charge in [0, 0.05) is 28.7 Å². The molecule has 10 heteroatoms. The molecular formula is C27H20Cl3N5O2. The topological polar surface area (TPSA) is 65.2 Å². The predicted octanol–water partition coefficient (Wildman–Crippen LogP) is 6.04. The van der Waals surface area contributed by atoms with Gasteiger partial charge in [-0.15, -0.1) is 0 Å². The van der Waals surface area contributed by atoms with Crippen LogP contribution in [0.5, 0.6) is 0 Å². The van der Waals surface area contributed by atoms with E-state index in [0.717, 1.165) is 5.69 Å². The Morgan fingerprint density at radius 2 is 1.43 bits per heavy atom. The Balaban J connectivity index is 1.71. The third-order valence-corrected chi connectivity index (χ3v) is 7.03. The molecule has 0 amide bonds. The zero-order valence-electron chi connectivity index (χ0n) is 19.4. The normalized spacial score (nSPS) is 13.9. The van der Waals surface area contributed by atoms with Crippen LogP contribution in [0.15, 0.2) is 77.6 Å². The highest BCUT2D eigenvalue weighted by Gasteiger charge is 2.26. The van der Waals surface area contributed by atoms with E-state index in [9.17, 15) is 4.79 Å². The molecule has 37 heavy (non-hydrogen) atoms. The molecule has 0 spiro atoms. The van der Waals surface area contributed by atoms with Crippen LogP contribution >= 0.6 is 34.8 Å². The van der Waals surface area contributed by atoms with Crippen molar-refractivity contribution in [2.75, 3.05) is 31.2 Å². The molecule has 0 radical (unpaired) electrons. The van der Waals surface area contributed by atoms with Crippen LogP contribution in [-0.2, 0) is 4.74 Å². The summed E-state index contributed by atoms with van der Waals surface area (Å²) in [5.74, 6) is 1.00. The van der Waals surface area contributed by atoms with Crippen LogP contribution in [0.2, 0.25) is 15.1 Å². The zero-order chi connectivity index (χ0) is 25.5. The molecule has 0 saturated carbocycles. The highest BCUT2D eigenvalue weighted by molar-refractivity contribution is 6.36. The molecule has 5 aromatic rings. The van der Waals surface area contributed by atoms with Crippen LogP contribution in [0, 0.1) is 0 Å². The number of fused-ring (bicyclic) bond motifs is 1. The lowest BCUT2D eigenvalue weighted by Gasteiger charge is -2.28.